The molecule has 0 aliphatic heterocycles. The van der Waals surface area contributed by atoms with Crippen LogP contribution in [0.2, 0.25) is 0 Å². The number of nitrogens with one attached hydrogen (secondary N) is 1. The van der Waals surface area contributed by atoms with Crippen molar-refractivity contribution >= 4 is 23.5 Å². The molecule has 0 bridgehead atoms. The predicted molar refractivity (Wildman–Crippen MR) is 163 cm³/mol. The molecule has 56 heavy (non-hydrogen) atoms. The molecule has 318 valence electrons. The lowest BCUT2D eigenvalue weighted by atomic mass is 9.88. The smallest absolute Gasteiger partial charge is 0.460 e. The number of benzene rings is 1. The van der Waals surface area contributed by atoms with Gasteiger partial charge in [0, 0.05) is 17.7 Å². The Kier molecular flexibility index (Phi) is 16.7. The van der Waals surface area contributed by atoms with Gasteiger partial charge in [0.15, 0.2) is 0 Å². The Morgan fingerprint density at radius 1 is 0.732 bits per heavy atom. The standard InChI is InChI=1S/C33H33F17N2O4/c1-3-5-6-7-8-9-10-11-15-23(53)51-22-14-12-13-21(19-22)25(55)52(17-4-2)20-24(54)56-18-16-26(34,35)27(36,37)28(38,39)29(40,41)30(42,43)31(44,45)32(46,47)33(48,49)50/h2-3,12-14,19H,1,5-11,15-18,20H2,(H,51,53). The zero-order valence-corrected chi connectivity index (χ0v) is 28.7. The molecule has 0 saturated heterocycles. The normalized spacial score (nSPS) is 13.5. The van der Waals surface area contributed by atoms with Gasteiger partial charge in [-0.05, 0) is 37.5 Å². The Hall–Kier alpha value is -4.26. The fourth-order valence-electron chi connectivity index (χ4n) is 4.57. The van der Waals surface area contributed by atoms with Crippen LogP contribution in [-0.4, -0.2) is 90.0 Å². The molecule has 2 amide bonds. The first-order valence-corrected chi connectivity index (χ1v) is 16.0. The van der Waals surface area contributed by atoms with E-state index in [1.807, 2.05) is 12.0 Å². The number of rotatable bonds is 23. The lowest BCUT2D eigenvalue weighted by molar-refractivity contribution is -0.461. The van der Waals surface area contributed by atoms with Crippen molar-refractivity contribution in [2.75, 3.05) is 25.0 Å². The number of hydrogen-bond donors (Lipinski definition) is 1. The van der Waals surface area contributed by atoms with Gasteiger partial charge in [-0.3, -0.25) is 14.4 Å². The number of unbranched alkanes of at least 4 members (excludes halogenated alkanes) is 6. The van der Waals surface area contributed by atoms with E-state index in [2.05, 4.69) is 16.6 Å². The number of carbonyl (C=O) groups excluding carboxylic acids is 3. The van der Waals surface area contributed by atoms with Crippen molar-refractivity contribution in [1.29, 1.82) is 0 Å². The van der Waals surface area contributed by atoms with E-state index in [0.717, 1.165) is 50.7 Å². The number of nitrogens with zero attached hydrogens (tertiary/aromatic N) is 1. The molecule has 0 aliphatic carbocycles. The summed E-state index contributed by atoms with van der Waals surface area (Å²) in [6.07, 6.45) is 2.25. The third kappa shape index (κ3) is 10.8. The molecule has 0 unspecified atom stereocenters. The molecule has 0 atom stereocenters. The Labute approximate surface area is 307 Å². The second-order valence-electron chi connectivity index (χ2n) is 12.1. The van der Waals surface area contributed by atoms with Gasteiger partial charge in [0.1, 0.15) is 6.54 Å². The number of hydrogen-bond acceptors (Lipinski definition) is 4. The predicted octanol–water partition coefficient (Wildman–Crippen LogP) is 9.95. The molecule has 1 aromatic carbocycles. The van der Waals surface area contributed by atoms with Crippen LogP contribution in [0.5, 0.6) is 0 Å². The van der Waals surface area contributed by atoms with Crippen molar-refractivity contribution in [2.45, 2.75) is 105 Å². The Balaban J connectivity index is 2.99. The highest BCUT2D eigenvalue weighted by Crippen LogP contribution is 2.64. The van der Waals surface area contributed by atoms with Crippen LogP contribution in [0.4, 0.5) is 80.3 Å². The van der Waals surface area contributed by atoms with E-state index in [1.54, 1.807) is 0 Å². The summed E-state index contributed by atoms with van der Waals surface area (Å²) >= 11 is 0. The number of amides is 2. The Morgan fingerprint density at radius 3 is 1.75 bits per heavy atom. The van der Waals surface area contributed by atoms with Gasteiger partial charge in [0.25, 0.3) is 5.91 Å². The molecule has 1 N–H and O–H groups in total. The minimum atomic E-state index is -8.77. The highest BCUT2D eigenvalue weighted by atomic mass is 19.4. The van der Waals surface area contributed by atoms with Crippen LogP contribution >= 0.6 is 0 Å². The first-order chi connectivity index (χ1) is 25.4. The molecule has 23 heteroatoms. The van der Waals surface area contributed by atoms with Crippen molar-refractivity contribution in [1.82, 2.24) is 4.90 Å². The monoisotopic (exact) mass is 844 g/mol. The molecule has 0 heterocycles. The zero-order chi connectivity index (χ0) is 43.6. The zero-order valence-electron chi connectivity index (χ0n) is 28.7. The van der Waals surface area contributed by atoms with Crippen LogP contribution in [0, 0.1) is 12.3 Å². The topological polar surface area (TPSA) is 75.7 Å². The summed E-state index contributed by atoms with van der Waals surface area (Å²) in [5.41, 5.74) is -0.162. The maximum absolute atomic E-state index is 14.2. The molecule has 0 saturated carbocycles. The number of ether oxygens (including phenoxy) is 1. The van der Waals surface area contributed by atoms with E-state index >= 15 is 0 Å². The molecule has 1 rings (SSSR count). The summed E-state index contributed by atoms with van der Waals surface area (Å²) in [7, 11) is 0. The minimum absolute atomic E-state index is 0.0922. The van der Waals surface area contributed by atoms with Crippen molar-refractivity contribution in [3.05, 3.63) is 42.5 Å². The van der Waals surface area contributed by atoms with Crippen LogP contribution in [0.1, 0.15) is 68.1 Å². The van der Waals surface area contributed by atoms with Gasteiger partial charge >= 0.3 is 53.6 Å². The summed E-state index contributed by atoms with van der Waals surface area (Å²) < 4.78 is 233. The summed E-state index contributed by atoms with van der Waals surface area (Å²) in [4.78, 5) is 38.0. The molecule has 0 aromatic heterocycles. The molecule has 0 aliphatic rings. The third-order valence-electron chi connectivity index (χ3n) is 7.81. The number of halogens is 17. The highest BCUT2D eigenvalue weighted by Gasteiger charge is 2.95. The van der Waals surface area contributed by atoms with Gasteiger partial charge in [0.05, 0.1) is 19.6 Å². The molecular weight excluding hydrogens is 811 g/mol. The number of anilines is 1. The largest absolute Gasteiger partial charge is 0.464 e. The molecule has 1 aromatic rings. The second kappa shape index (κ2) is 18.8. The van der Waals surface area contributed by atoms with Crippen LogP contribution in [0.3, 0.4) is 0 Å². The maximum Gasteiger partial charge on any atom is 0.460 e. The maximum atomic E-state index is 14.2. The van der Waals surface area contributed by atoms with Gasteiger partial charge in [-0.2, -0.15) is 74.6 Å². The van der Waals surface area contributed by atoms with E-state index in [1.165, 1.54) is 12.1 Å². The van der Waals surface area contributed by atoms with E-state index in [-0.39, 0.29) is 17.7 Å². The SMILES string of the molecule is C#CCN(CC(=O)OCCC(F)(F)C(F)(F)C(F)(F)C(F)(F)C(F)(F)C(F)(F)C(F)(F)C(F)(F)F)C(=O)c1cccc(NC(=O)CCCCCCCCC=C)c1. The van der Waals surface area contributed by atoms with Gasteiger partial charge in [-0.15, -0.1) is 13.0 Å². The van der Waals surface area contributed by atoms with E-state index in [0.29, 0.717) is 11.3 Å². The van der Waals surface area contributed by atoms with Crippen molar-refractivity contribution < 1.29 is 93.8 Å². The van der Waals surface area contributed by atoms with Crippen LogP contribution in [0.15, 0.2) is 36.9 Å². The van der Waals surface area contributed by atoms with Crippen molar-refractivity contribution in [3.8, 4) is 12.3 Å². The number of alkyl halides is 17. The van der Waals surface area contributed by atoms with Gasteiger partial charge < -0.3 is 15.0 Å². The second-order valence-corrected chi connectivity index (χ2v) is 12.1. The van der Waals surface area contributed by atoms with Crippen molar-refractivity contribution in [3.63, 3.8) is 0 Å². The van der Waals surface area contributed by atoms with E-state index in [4.69, 9.17) is 6.42 Å². The first-order valence-electron chi connectivity index (χ1n) is 16.0. The van der Waals surface area contributed by atoms with Crippen LogP contribution in [-0.2, 0) is 14.3 Å². The molecular formula is C33H33F17N2O4. The number of terminal acetylenes is 1. The molecule has 6 nitrogen and oxygen atoms in total. The number of esters is 1. The van der Waals surface area contributed by atoms with Gasteiger partial charge in [-0.25, -0.2) is 0 Å². The summed E-state index contributed by atoms with van der Waals surface area (Å²) in [6, 6.07) is 4.92. The quantitative estimate of drug-likeness (QED) is 0.0392. The lowest BCUT2D eigenvalue weighted by Crippen LogP contribution is -2.74. The minimum Gasteiger partial charge on any atom is -0.464 e. The van der Waals surface area contributed by atoms with Gasteiger partial charge in [0.2, 0.25) is 5.91 Å². The molecule has 0 fully saturated rings. The Bertz CT molecular complexity index is 1560. The first kappa shape index (κ1) is 49.8. The fraction of sp³-hybridized carbons (Fsp3) is 0.606. The van der Waals surface area contributed by atoms with E-state index < -0.39 is 91.5 Å². The number of carbonyl (C=O) groups is 3. The lowest BCUT2D eigenvalue weighted by Gasteiger charge is -2.42. The average Bonchev–Trinajstić information content (AvgIpc) is 3.07. The molecule has 0 radical (unpaired) electrons. The average molecular weight is 845 g/mol. The van der Waals surface area contributed by atoms with Gasteiger partial charge in [-0.1, -0.05) is 43.7 Å². The molecule has 0 spiro atoms. The van der Waals surface area contributed by atoms with Crippen molar-refractivity contribution in [2.24, 2.45) is 0 Å². The van der Waals surface area contributed by atoms with E-state index in [9.17, 15) is 89.0 Å². The summed E-state index contributed by atoms with van der Waals surface area (Å²) in [5.74, 6) is -59.0. The van der Waals surface area contributed by atoms with Crippen LogP contribution in [0.25, 0.3) is 0 Å². The number of allylic oxidation sites excluding steroid dienone is 1. The summed E-state index contributed by atoms with van der Waals surface area (Å²) in [6.45, 7) is -0.614. The highest BCUT2D eigenvalue weighted by molar-refractivity contribution is 5.98. The van der Waals surface area contributed by atoms with Crippen LogP contribution < -0.4 is 5.32 Å². The third-order valence-corrected chi connectivity index (χ3v) is 7.81. The summed E-state index contributed by atoms with van der Waals surface area (Å²) in [5, 5.41) is 2.53. The Morgan fingerprint density at radius 2 is 1.23 bits per heavy atom. The fourth-order valence-corrected chi connectivity index (χ4v) is 4.57.